The van der Waals surface area contributed by atoms with Crippen molar-refractivity contribution in [3.05, 3.63) is 197 Å². The molecule has 2 aliphatic carbocycles. The van der Waals surface area contributed by atoms with Gasteiger partial charge in [0.2, 0.25) is 0 Å². The third-order valence-corrected chi connectivity index (χ3v) is 13.1. The second kappa shape index (κ2) is 13.2. The Hall–Kier alpha value is -7.16. The Kier molecular flexibility index (Phi) is 7.59. The highest BCUT2D eigenvalue weighted by molar-refractivity contribution is 6.11. The maximum absolute atomic E-state index is 5.59. The van der Waals surface area contributed by atoms with Crippen molar-refractivity contribution < 1.29 is 0 Å². The quantitative estimate of drug-likeness (QED) is 0.179. The summed E-state index contributed by atoms with van der Waals surface area (Å²) < 4.78 is 0. The van der Waals surface area contributed by atoms with E-state index in [-0.39, 0.29) is 0 Å². The van der Waals surface area contributed by atoms with Crippen LogP contribution in [0.3, 0.4) is 0 Å². The molecule has 0 atom stereocenters. The fraction of sp³-hybridized carbons (Fsp3) is 0.0877. The van der Waals surface area contributed by atoms with E-state index in [0.29, 0.717) is 0 Å². The van der Waals surface area contributed by atoms with Crippen LogP contribution >= 0.6 is 0 Å². The van der Waals surface area contributed by atoms with Crippen molar-refractivity contribution in [3.8, 4) is 56.2 Å². The SMILES string of the molecule is Cc1ccc2ccccc2c1-c1c(C)c(-c2cc(-c3cc4ccccc4c4c3Cc3ccc5c(c3-4)C=CCC5)nc(-c3cccc4ccccc34)n2)cc2ccccc12. The molecule has 0 bridgehead atoms. The number of hydrogen-bond donors (Lipinski definition) is 0. The van der Waals surface area contributed by atoms with Gasteiger partial charge in [0.05, 0.1) is 11.4 Å². The van der Waals surface area contributed by atoms with Crippen LogP contribution in [0.15, 0.2) is 164 Å². The van der Waals surface area contributed by atoms with E-state index in [1.807, 2.05) is 0 Å². The summed E-state index contributed by atoms with van der Waals surface area (Å²) in [6.07, 6.45) is 7.76. The molecule has 0 aliphatic heterocycles. The van der Waals surface area contributed by atoms with E-state index in [4.69, 9.17) is 9.97 Å². The first-order chi connectivity index (χ1) is 29.1. The Morgan fingerprint density at radius 2 is 1.03 bits per heavy atom. The standard InChI is InChI=1S/C57H40N2/c1-34-26-27-37-15-4-9-21-43(37)53(34)54-35(2)48(30-39-17-6-11-23-45(39)54)51-33-52(59-57(58-51)47-25-13-19-36-14-3-8-20-42(36)47)49-31-40-18-7-12-24-46(40)56-50(49)32-41-29-28-38-16-5-10-22-44(38)55(41)56/h3-4,6-15,17-31,33H,5,16,32H2,1-2H3. The Bertz CT molecular complexity index is 3430. The molecular weight excluding hydrogens is 713 g/mol. The predicted octanol–water partition coefficient (Wildman–Crippen LogP) is 14.9. The van der Waals surface area contributed by atoms with Crippen LogP contribution in [0.1, 0.15) is 39.8 Å². The maximum atomic E-state index is 5.59. The van der Waals surface area contributed by atoms with Crippen molar-refractivity contribution in [2.75, 3.05) is 0 Å². The molecule has 0 saturated heterocycles. The highest BCUT2D eigenvalue weighted by Crippen LogP contribution is 2.50. The third kappa shape index (κ3) is 5.26. The smallest absolute Gasteiger partial charge is 0.161 e. The lowest BCUT2D eigenvalue weighted by Crippen LogP contribution is -2.01. The minimum absolute atomic E-state index is 0.738. The van der Waals surface area contributed by atoms with Crippen molar-refractivity contribution in [2.45, 2.75) is 33.1 Å². The van der Waals surface area contributed by atoms with Crippen molar-refractivity contribution in [1.29, 1.82) is 0 Å². The average Bonchev–Trinajstić information content (AvgIpc) is 3.69. The topological polar surface area (TPSA) is 25.8 Å². The van der Waals surface area contributed by atoms with Gasteiger partial charge in [0.15, 0.2) is 5.82 Å². The summed E-state index contributed by atoms with van der Waals surface area (Å²) in [6.45, 7) is 4.54. The molecular formula is C57H40N2. The van der Waals surface area contributed by atoms with E-state index in [2.05, 4.69) is 184 Å². The van der Waals surface area contributed by atoms with Gasteiger partial charge in [-0.2, -0.15) is 0 Å². The van der Waals surface area contributed by atoms with E-state index < -0.39 is 0 Å². The summed E-state index contributed by atoms with van der Waals surface area (Å²) in [6, 6.07) is 57.9. The van der Waals surface area contributed by atoms with E-state index in [1.165, 1.54) is 98.9 Å². The van der Waals surface area contributed by atoms with Crippen LogP contribution in [0.4, 0.5) is 0 Å². The number of aryl methyl sites for hydroxylation is 2. The lowest BCUT2D eigenvalue weighted by atomic mass is 9.85. The molecule has 2 heteroatoms. The molecule has 0 N–H and O–H groups in total. The van der Waals surface area contributed by atoms with Crippen molar-refractivity contribution >= 4 is 49.2 Å². The fourth-order valence-electron chi connectivity index (χ4n) is 10.3. The minimum atomic E-state index is 0.738. The third-order valence-electron chi connectivity index (χ3n) is 13.1. The molecule has 0 spiro atoms. The second-order valence-electron chi connectivity index (χ2n) is 16.4. The molecule has 1 heterocycles. The van der Waals surface area contributed by atoms with Crippen molar-refractivity contribution in [1.82, 2.24) is 9.97 Å². The van der Waals surface area contributed by atoms with Gasteiger partial charge in [0.1, 0.15) is 0 Å². The second-order valence-corrected chi connectivity index (χ2v) is 16.4. The van der Waals surface area contributed by atoms with E-state index in [1.54, 1.807) is 0 Å². The molecule has 0 unspecified atom stereocenters. The van der Waals surface area contributed by atoms with Gasteiger partial charge in [-0.05, 0) is 150 Å². The van der Waals surface area contributed by atoms with Crippen LogP contribution in [0, 0.1) is 13.8 Å². The highest BCUT2D eigenvalue weighted by Gasteiger charge is 2.29. The van der Waals surface area contributed by atoms with Crippen LogP contribution in [-0.2, 0) is 12.8 Å². The zero-order valence-corrected chi connectivity index (χ0v) is 33.2. The van der Waals surface area contributed by atoms with Gasteiger partial charge in [-0.15, -0.1) is 0 Å². The zero-order chi connectivity index (χ0) is 39.2. The van der Waals surface area contributed by atoms with Gasteiger partial charge in [-0.1, -0.05) is 152 Å². The van der Waals surface area contributed by atoms with Crippen LogP contribution in [0.25, 0.3) is 105 Å². The largest absolute Gasteiger partial charge is 0.228 e. The van der Waals surface area contributed by atoms with Crippen LogP contribution in [0.5, 0.6) is 0 Å². The fourth-order valence-corrected chi connectivity index (χ4v) is 10.3. The van der Waals surface area contributed by atoms with Gasteiger partial charge in [0, 0.05) is 16.7 Å². The first kappa shape index (κ1) is 33.9. The predicted molar refractivity (Wildman–Crippen MR) is 249 cm³/mol. The number of benzene rings is 9. The number of rotatable bonds is 4. The number of allylic oxidation sites excluding steroid dienone is 1. The first-order valence-corrected chi connectivity index (χ1v) is 20.8. The van der Waals surface area contributed by atoms with E-state index >= 15 is 0 Å². The molecule has 2 aliphatic rings. The number of fused-ring (bicyclic) bond motifs is 10. The minimum Gasteiger partial charge on any atom is -0.228 e. The number of aromatic nitrogens is 2. The van der Waals surface area contributed by atoms with Gasteiger partial charge >= 0.3 is 0 Å². The van der Waals surface area contributed by atoms with Crippen LogP contribution in [0.2, 0.25) is 0 Å². The molecule has 2 nitrogen and oxygen atoms in total. The van der Waals surface area contributed by atoms with Crippen molar-refractivity contribution in [2.24, 2.45) is 0 Å². The molecule has 0 saturated carbocycles. The van der Waals surface area contributed by atoms with Gasteiger partial charge in [0.25, 0.3) is 0 Å². The van der Waals surface area contributed by atoms with Crippen molar-refractivity contribution in [3.63, 3.8) is 0 Å². The summed E-state index contributed by atoms with van der Waals surface area (Å²) in [7, 11) is 0. The Morgan fingerprint density at radius 1 is 0.441 bits per heavy atom. The number of nitrogens with zero attached hydrogens (tertiary/aromatic N) is 2. The molecule has 0 fully saturated rings. The molecule has 1 aromatic heterocycles. The zero-order valence-electron chi connectivity index (χ0n) is 33.2. The van der Waals surface area contributed by atoms with Crippen LogP contribution < -0.4 is 0 Å². The molecule has 59 heavy (non-hydrogen) atoms. The lowest BCUT2D eigenvalue weighted by molar-refractivity contribution is 0.985. The van der Waals surface area contributed by atoms with Crippen LogP contribution in [-0.4, -0.2) is 9.97 Å². The molecule has 278 valence electrons. The highest BCUT2D eigenvalue weighted by atomic mass is 14.9. The van der Waals surface area contributed by atoms with Gasteiger partial charge in [-0.25, -0.2) is 9.97 Å². The van der Waals surface area contributed by atoms with Gasteiger partial charge < -0.3 is 0 Å². The summed E-state index contributed by atoms with van der Waals surface area (Å²) in [4.78, 5) is 11.2. The molecule has 12 rings (SSSR count). The summed E-state index contributed by atoms with van der Waals surface area (Å²) in [5, 5.41) is 9.82. The lowest BCUT2D eigenvalue weighted by Gasteiger charge is -2.20. The van der Waals surface area contributed by atoms with Gasteiger partial charge in [-0.3, -0.25) is 0 Å². The normalized spacial score (nSPS) is 13.0. The molecule has 0 radical (unpaired) electrons. The Balaban J connectivity index is 1.17. The first-order valence-electron chi connectivity index (χ1n) is 20.8. The monoisotopic (exact) mass is 752 g/mol. The summed E-state index contributed by atoms with van der Waals surface area (Å²) >= 11 is 0. The summed E-state index contributed by atoms with van der Waals surface area (Å²) in [5.41, 5.74) is 18.6. The molecule has 0 amide bonds. The van der Waals surface area contributed by atoms with E-state index in [9.17, 15) is 0 Å². The molecule has 9 aromatic carbocycles. The Morgan fingerprint density at radius 3 is 1.80 bits per heavy atom. The number of hydrogen-bond acceptors (Lipinski definition) is 2. The summed E-state index contributed by atoms with van der Waals surface area (Å²) in [5.74, 6) is 0.738. The maximum Gasteiger partial charge on any atom is 0.161 e. The average molecular weight is 753 g/mol. The Labute approximate surface area is 344 Å². The molecule has 10 aromatic rings. The van der Waals surface area contributed by atoms with E-state index in [0.717, 1.165) is 53.0 Å².